The molecule has 20 heavy (non-hydrogen) atoms. The van der Waals surface area contributed by atoms with Crippen LogP contribution < -0.4 is 5.32 Å². The predicted octanol–water partition coefficient (Wildman–Crippen LogP) is 3.95. The van der Waals surface area contributed by atoms with Crippen molar-refractivity contribution in [1.82, 2.24) is 5.32 Å². The number of benzene rings is 1. The standard InChI is InChI=1S/C12H14BrCl2NO3S/c1-3-7(4-2)16-12(17)8-5-11(20(15,18)19)9(13)6-10(8)14/h5-7H,3-4H2,1-2H3,(H,16,17). The van der Waals surface area contributed by atoms with E-state index in [0.717, 1.165) is 12.8 Å². The van der Waals surface area contributed by atoms with E-state index in [9.17, 15) is 13.2 Å². The van der Waals surface area contributed by atoms with E-state index in [1.165, 1.54) is 12.1 Å². The van der Waals surface area contributed by atoms with Crippen LogP contribution in [0.4, 0.5) is 0 Å². The molecule has 0 aliphatic carbocycles. The van der Waals surface area contributed by atoms with Crippen LogP contribution in [0.3, 0.4) is 0 Å². The molecule has 1 N–H and O–H groups in total. The second kappa shape index (κ2) is 7.11. The number of hydrogen-bond acceptors (Lipinski definition) is 3. The molecule has 1 rings (SSSR count). The Bertz CT molecular complexity index is 615. The minimum atomic E-state index is -3.96. The van der Waals surface area contributed by atoms with Gasteiger partial charge in [-0.3, -0.25) is 4.79 Å². The van der Waals surface area contributed by atoms with Gasteiger partial charge >= 0.3 is 0 Å². The van der Waals surface area contributed by atoms with Crippen LogP contribution in [0.1, 0.15) is 37.0 Å². The molecule has 0 saturated heterocycles. The lowest BCUT2D eigenvalue weighted by Crippen LogP contribution is -2.34. The highest BCUT2D eigenvalue weighted by molar-refractivity contribution is 9.10. The van der Waals surface area contributed by atoms with E-state index in [4.69, 9.17) is 22.3 Å². The van der Waals surface area contributed by atoms with Crippen LogP contribution in [-0.2, 0) is 9.05 Å². The lowest BCUT2D eigenvalue weighted by molar-refractivity contribution is 0.0935. The second-order valence-corrected chi connectivity index (χ2v) is 7.98. The zero-order valence-electron chi connectivity index (χ0n) is 10.9. The molecule has 0 bridgehead atoms. The molecule has 0 radical (unpaired) electrons. The average molecular weight is 403 g/mol. The Morgan fingerprint density at radius 3 is 2.35 bits per heavy atom. The van der Waals surface area contributed by atoms with Crippen LogP contribution in [0.15, 0.2) is 21.5 Å². The van der Waals surface area contributed by atoms with Crippen LogP contribution in [-0.4, -0.2) is 20.4 Å². The van der Waals surface area contributed by atoms with Gasteiger partial charge in [0.05, 0.1) is 15.5 Å². The third kappa shape index (κ3) is 4.35. The smallest absolute Gasteiger partial charge is 0.262 e. The van der Waals surface area contributed by atoms with Gasteiger partial charge in [0.2, 0.25) is 0 Å². The van der Waals surface area contributed by atoms with E-state index in [1.54, 1.807) is 0 Å². The molecule has 0 spiro atoms. The number of hydrogen-bond donors (Lipinski definition) is 1. The predicted molar refractivity (Wildman–Crippen MR) is 84.0 cm³/mol. The molecular weight excluding hydrogens is 389 g/mol. The third-order valence-electron chi connectivity index (χ3n) is 2.85. The summed E-state index contributed by atoms with van der Waals surface area (Å²) in [5, 5.41) is 2.95. The van der Waals surface area contributed by atoms with Gasteiger partial charge in [0, 0.05) is 21.2 Å². The van der Waals surface area contributed by atoms with Gasteiger partial charge in [0.15, 0.2) is 0 Å². The Labute approximate surface area is 136 Å². The fraction of sp³-hybridized carbons (Fsp3) is 0.417. The Morgan fingerprint density at radius 2 is 1.90 bits per heavy atom. The molecule has 4 nitrogen and oxygen atoms in total. The summed E-state index contributed by atoms with van der Waals surface area (Å²) >= 11 is 9.05. The normalized spacial score (nSPS) is 11.7. The van der Waals surface area contributed by atoms with Gasteiger partial charge in [-0.05, 0) is 40.9 Å². The lowest BCUT2D eigenvalue weighted by atomic mass is 10.1. The molecule has 0 saturated carbocycles. The average Bonchev–Trinajstić information content (AvgIpc) is 2.33. The van der Waals surface area contributed by atoms with E-state index < -0.39 is 15.0 Å². The first kappa shape index (κ1) is 17.8. The molecule has 0 unspecified atom stereocenters. The minimum absolute atomic E-state index is 0.0123. The SMILES string of the molecule is CCC(CC)NC(=O)c1cc(S(=O)(=O)Cl)c(Br)cc1Cl. The molecule has 1 aromatic carbocycles. The first-order valence-electron chi connectivity index (χ1n) is 5.95. The van der Waals surface area contributed by atoms with Crippen LogP contribution in [0.2, 0.25) is 5.02 Å². The first-order chi connectivity index (χ1) is 9.20. The highest BCUT2D eigenvalue weighted by Crippen LogP contribution is 2.31. The highest BCUT2D eigenvalue weighted by atomic mass is 79.9. The molecule has 112 valence electrons. The summed E-state index contributed by atoms with van der Waals surface area (Å²) in [7, 11) is 1.36. The van der Waals surface area contributed by atoms with Crippen LogP contribution in [0.5, 0.6) is 0 Å². The van der Waals surface area contributed by atoms with Gasteiger partial charge in [-0.2, -0.15) is 0 Å². The monoisotopic (exact) mass is 401 g/mol. The maximum atomic E-state index is 12.1. The zero-order chi connectivity index (χ0) is 15.5. The fourth-order valence-corrected chi connectivity index (χ4v) is 4.22. The summed E-state index contributed by atoms with van der Waals surface area (Å²) in [5.74, 6) is -0.419. The number of carbonyl (C=O) groups excluding carboxylic acids is 1. The largest absolute Gasteiger partial charge is 0.349 e. The van der Waals surface area contributed by atoms with E-state index in [-0.39, 0.29) is 26.0 Å². The highest BCUT2D eigenvalue weighted by Gasteiger charge is 2.21. The maximum absolute atomic E-state index is 12.1. The number of amides is 1. The van der Waals surface area contributed by atoms with Gasteiger partial charge < -0.3 is 5.32 Å². The third-order valence-corrected chi connectivity index (χ3v) is 5.44. The van der Waals surface area contributed by atoms with Gasteiger partial charge in [-0.15, -0.1) is 0 Å². The molecule has 0 aliphatic rings. The van der Waals surface area contributed by atoms with Crippen LogP contribution >= 0.6 is 38.2 Å². The molecule has 1 amide bonds. The van der Waals surface area contributed by atoms with Gasteiger partial charge in [0.25, 0.3) is 15.0 Å². The Balaban J connectivity index is 3.22. The van der Waals surface area contributed by atoms with Gasteiger partial charge in [-0.25, -0.2) is 8.42 Å². The zero-order valence-corrected chi connectivity index (χ0v) is 14.8. The molecule has 1 aromatic rings. The molecule has 0 atom stereocenters. The van der Waals surface area contributed by atoms with E-state index in [2.05, 4.69) is 21.2 Å². The number of nitrogens with one attached hydrogen (secondary N) is 1. The van der Waals surface area contributed by atoms with Crippen molar-refractivity contribution in [2.75, 3.05) is 0 Å². The fourth-order valence-electron chi connectivity index (χ4n) is 1.65. The summed E-state index contributed by atoms with van der Waals surface area (Å²) in [4.78, 5) is 12.0. The molecule has 0 aliphatic heterocycles. The van der Waals surface area contributed by atoms with E-state index in [1.807, 2.05) is 13.8 Å². The Morgan fingerprint density at radius 1 is 1.35 bits per heavy atom. The van der Waals surface area contributed by atoms with Crippen LogP contribution in [0.25, 0.3) is 0 Å². The van der Waals surface area contributed by atoms with Crippen molar-refractivity contribution in [2.45, 2.75) is 37.6 Å². The van der Waals surface area contributed by atoms with Gasteiger partial charge in [0.1, 0.15) is 0 Å². The van der Waals surface area contributed by atoms with E-state index >= 15 is 0 Å². The summed E-state index contributed by atoms with van der Waals surface area (Å²) in [6, 6.07) is 2.53. The summed E-state index contributed by atoms with van der Waals surface area (Å²) in [6.45, 7) is 3.90. The summed E-state index contributed by atoms with van der Waals surface area (Å²) < 4.78 is 23.1. The molecular formula is C12H14BrCl2NO3S. The van der Waals surface area contributed by atoms with Crippen molar-refractivity contribution in [3.63, 3.8) is 0 Å². The molecule has 0 heterocycles. The van der Waals surface area contributed by atoms with Crippen molar-refractivity contribution in [3.8, 4) is 0 Å². The number of halogens is 3. The van der Waals surface area contributed by atoms with Crippen molar-refractivity contribution in [1.29, 1.82) is 0 Å². The first-order valence-corrected chi connectivity index (χ1v) is 9.43. The van der Waals surface area contributed by atoms with Gasteiger partial charge in [-0.1, -0.05) is 25.4 Å². The van der Waals surface area contributed by atoms with Crippen LogP contribution in [0, 0.1) is 0 Å². The Kier molecular flexibility index (Phi) is 6.31. The number of rotatable bonds is 5. The summed E-state index contributed by atoms with van der Waals surface area (Å²) in [5.41, 5.74) is 0.0843. The molecule has 8 heteroatoms. The maximum Gasteiger partial charge on any atom is 0.262 e. The van der Waals surface area contributed by atoms with Crippen molar-refractivity contribution >= 4 is 53.2 Å². The van der Waals surface area contributed by atoms with Crippen molar-refractivity contribution in [3.05, 3.63) is 27.2 Å². The van der Waals surface area contributed by atoms with Crippen molar-refractivity contribution in [2.24, 2.45) is 0 Å². The topological polar surface area (TPSA) is 63.2 Å². The number of carbonyl (C=O) groups is 1. The quantitative estimate of drug-likeness (QED) is 0.758. The van der Waals surface area contributed by atoms with Crippen molar-refractivity contribution < 1.29 is 13.2 Å². The molecule has 0 fully saturated rings. The lowest BCUT2D eigenvalue weighted by Gasteiger charge is -2.16. The summed E-state index contributed by atoms with van der Waals surface area (Å²) in [6.07, 6.45) is 1.55. The Hall–Kier alpha value is -0.300. The second-order valence-electron chi connectivity index (χ2n) is 4.19. The molecule has 0 aromatic heterocycles. The van der Waals surface area contributed by atoms with E-state index in [0.29, 0.717) is 0 Å². The minimum Gasteiger partial charge on any atom is -0.349 e.